The third-order valence-corrected chi connectivity index (χ3v) is 2.65. The summed E-state index contributed by atoms with van der Waals surface area (Å²) in [6, 6.07) is 0. The molecular weight excluding hydrogens is 234 g/mol. The summed E-state index contributed by atoms with van der Waals surface area (Å²) in [6.07, 6.45) is 2.04. The van der Waals surface area contributed by atoms with Gasteiger partial charge < -0.3 is 5.73 Å². The summed E-state index contributed by atoms with van der Waals surface area (Å²) in [5.41, 5.74) is 7.34. The first-order chi connectivity index (χ1) is 8.54. The van der Waals surface area contributed by atoms with E-state index in [0.29, 0.717) is 29.4 Å². The van der Waals surface area contributed by atoms with Gasteiger partial charge >= 0.3 is 0 Å². The van der Waals surface area contributed by atoms with Gasteiger partial charge in [-0.25, -0.2) is 4.68 Å². The van der Waals surface area contributed by atoms with Gasteiger partial charge in [-0.15, -0.1) is 0 Å². The molecule has 0 spiro atoms. The summed E-state index contributed by atoms with van der Waals surface area (Å²) in [5, 5.41) is 10.7. The highest BCUT2D eigenvalue weighted by Gasteiger charge is 2.20. The Balaban J connectivity index is 2.30. The standard InChI is InChI=1S/C10H15N7O/c1-4-6-7(11)8(16(2)15-6)9(18)14-10-12-5-13-17(10)3/h5H,4,11H2,1-3H3,(H,12,13,14,18). The highest BCUT2D eigenvalue weighted by molar-refractivity contribution is 6.06. The van der Waals surface area contributed by atoms with Gasteiger partial charge in [-0.1, -0.05) is 6.92 Å². The molecule has 0 aromatic carbocycles. The van der Waals surface area contributed by atoms with Crippen LogP contribution in [0.4, 0.5) is 11.6 Å². The average molecular weight is 249 g/mol. The van der Waals surface area contributed by atoms with Gasteiger partial charge in [0.1, 0.15) is 12.0 Å². The van der Waals surface area contributed by atoms with E-state index in [0.717, 1.165) is 0 Å². The number of aryl methyl sites for hydroxylation is 3. The first kappa shape index (κ1) is 12.1. The Morgan fingerprint density at radius 1 is 1.44 bits per heavy atom. The quantitative estimate of drug-likeness (QED) is 0.793. The molecule has 0 aliphatic rings. The van der Waals surface area contributed by atoms with Crippen molar-refractivity contribution in [3.63, 3.8) is 0 Å². The van der Waals surface area contributed by atoms with Crippen molar-refractivity contribution in [1.82, 2.24) is 24.5 Å². The lowest BCUT2D eigenvalue weighted by atomic mass is 10.2. The molecule has 18 heavy (non-hydrogen) atoms. The van der Waals surface area contributed by atoms with Crippen molar-refractivity contribution in [2.45, 2.75) is 13.3 Å². The van der Waals surface area contributed by atoms with Crippen LogP contribution in [0.3, 0.4) is 0 Å². The van der Waals surface area contributed by atoms with Crippen molar-refractivity contribution >= 4 is 17.5 Å². The third kappa shape index (κ3) is 1.92. The van der Waals surface area contributed by atoms with Crippen LogP contribution in [0.15, 0.2) is 6.33 Å². The molecule has 0 saturated heterocycles. The zero-order valence-corrected chi connectivity index (χ0v) is 10.5. The molecule has 0 fully saturated rings. The smallest absolute Gasteiger partial charge is 0.278 e. The molecule has 0 aliphatic heterocycles. The molecular formula is C10H15N7O. The van der Waals surface area contributed by atoms with Crippen molar-refractivity contribution in [3.05, 3.63) is 17.7 Å². The lowest BCUT2D eigenvalue weighted by Gasteiger charge is -2.04. The fourth-order valence-electron chi connectivity index (χ4n) is 1.70. The Morgan fingerprint density at radius 3 is 2.67 bits per heavy atom. The van der Waals surface area contributed by atoms with Crippen LogP contribution in [0, 0.1) is 0 Å². The van der Waals surface area contributed by atoms with Crippen LogP contribution in [0.2, 0.25) is 0 Å². The molecule has 0 saturated carbocycles. The van der Waals surface area contributed by atoms with Gasteiger partial charge in [0.2, 0.25) is 5.95 Å². The minimum absolute atomic E-state index is 0.329. The summed E-state index contributed by atoms with van der Waals surface area (Å²) in [5.74, 6) is 0.0111. The minimum Gasteiger partial charge on any atom is -0.395 e. The van der Waals surface area contributed by atoms with Crippen LogP contribution in [0.1, 0.15) is 23.1 Å². The lowest BCUT2D eigenvalue weighted by Crippen LogP contribution is -2.19. The second-order valence-electron chi connectivity index (χ2n) is 3.85. The molecule has 8 nitrogen and oxygen atoms in total. The van der Waals surface area contributed by atoms with E-state index >= 15 is 0 Å². The van der Waals surface area contributed by atoms with Crippen LogP contribution in [0.5, 0.6) is 0 Å². The van der Waals surface area contributed by atoms with Crippen LogP contribution in [0.25, 0.3) is 0 Å². The number of nitrogen functional groups attached to an aromatic ring is 1. The number of amides is 1. The van der Waals surface area contributed by atoms with E-state index in [1.807, 2.05) is 6.92 Å². The van der Waals surface area contributed by atoms with Gasteiger partial charge in [0.15, 0.2) is 0 Å². The topological polar surface area (TPSA) is 104 Å². The van der Waals surface area contributed by atoms with E-state index in [1.165, 1.54) is 15.7 Å². The third-order valence-electron chi connectivity index (χ3n) is 2.65. The van der Waals surface area contributed by atoms with Gasteiger partial charge in [-0.3, -0.25) is 14.8 Å². The molecule has 2 heterocycles. The largest absolute Gasteiger partial charge is 0.395 e. The van der Waals surface area contributed by atoms with Crippen molar-refractivity contribution in [3.8, 4) is 0 Å². The number of carbonyl (C=O) groups is 1. The maximum atomic E-state index is 12.1. The van der Waals surface area contributed by atoms with Gasteiger partial charge in [0.05, 0.1) is 11.4 Å². The van der Waals surface area contributed by atoms with Gasteiger partial charge in [-0.05, 0) is 6.42 Å². The highest BCUT2D eigenvalue weighted by Crippen LogP contribution is 2.17. The Bertz CT molecular complexity index is 583. The zero-order valence-electron chi connectivity index (χ0n) is 10.5. The number of hydrogen-bond acceptors (Lipinski definition) is 5. The van der Waals surface area contributed by atoms with Crippen molar-refractivity contribution in [2.75, 3.05) is 11.1 Å². The summed E-state index contributed by atoms with van der Waals surface area (Å²) in [6.45, 7) is 1.93. The molecule has 0 unspecified atom stereocenters. The second-order valence-corrected chi connectivity index (χ2v) is 3.85. The van der Waals surface area contributed by atoms with Crippen LogP contribution in [-0.4, -0.2) is 30.5 Å². The predicted molar refractivity (Wildman–Crippen MR) is 66.0 cm³/mol. The highest BCUT2D eigenvalue weighted by atomic mass is 16.2. The lowest BCUT2D eigenvalue weighted by molar-refractivity contribution is 0.101. The molecule has 2 aromatic rings. The maximum Gasteiger partial charge on any atom is 0.278 e. The molecule has 2 rings (SSSR count). The summed E-state index contributed by atoms with van der Waals surface area (Å²) in [7, 11) is 3.37. The summed E-state index contributed by atoms with van der Waals surface area (Å²) >= 11 is 0. The van der Waals surface area contributed by atoms with E-state index in [9.17, 15) is 4.79 Å². The molecule has 0 aliphatic carbocycles. The van der Waals surface area contributed by atoms with Crippen molar-refractivity contribution in [2.24, 2.45) is 14.1 Å². The maximum absolute atomic E-state index is 12.1. The Morgan fingerprint density at radius 2 is 2.17 bits per heavy atom. The molecule has 3 N–H and O–H groups in total. The number of hydrogen-bond donors (Lipinski definition) is 2. The number of carbonyl (C=O) groups excluding carboxylic acids is 1. The van der Waals surface area contributed by atoms with Gasteiger partial charge in [0.25, 0.3) is 5.91 Å². The fraction of sp³-hybridized carbons (Fsp3) is 0.400. The monoisotopic (exact) mass is 249 g/mol. The molecule has 0 atom stereocenters. The zero-order chi connectivity index (χ0) is 13.3. The number of rotatable bonds is 3. The average Bonchev–Trinajstić information content (AvgIpc) is 2.83. The Kier molecular flexibility index (Phi) is 3.00. The fourth-order valence-corrected chi connectivity index (χ4v) is 1.70. The number of aromatic nitrogens is 5. The minimum atomic E-state index is -0.349. The normalized spacial score (nSPS) is 10.6. The van der Waals surface area contributed by atoms with Crippen LogP contribution in [-0.2, 0) is 20.5 Å². The van der Waals surface area contributed by atoms with Crippen LogP contribution < -0.4 is 11.1 Å². The molecule has 8 heteroatoms. The number of nitrogens with one attached hydrogen (secondary N) is 1. The molecule has 96 valence electrons. The van der Waals surface area contributed by atoms with E-state index in [-0.39, 0.29) is 5.91 Å². The van der Waals surface area contributed by atoms with E-state index in [1.54, 1.807) is 14.1 Å². The first-order valence-corrected chi connectivity index (χ1v) is 5.51. The van der Waals surface area contributed by atoms with E-state index < -0.39 is 0 Å². The SMILES string of the molecule is CCc1nn(C)c(C(=O)Nc2ncnn2C)c1N. The number of nitrogens with zero attached hydrogens (tertiary/aromatic N) is 5. The predicted octanol–water partition coefficient (Wildman–Crippen LogP) is -0.0545. The second kappa shape index (κ2) is 4.47. The molecule has 1 amide bonds. The number of nitrogens with two attached hydrogens (primary N) is 1. The molecule has 2 aromatic heterocycles. The Labute approximate surface area is 104 Å². The van der Waals surface area contributed by atoms with Gasteiger partial charge in [0, 0.05) is 14.1 Å². The van der Waals surface area contributed by atoms with Crippen molar-refractivity contribution < 1.29 is 4.79 Å². The summed E-state index contributed by atoms with van der Waals surface area (Å²) in [4.78, 5) is 16.0. The summed E-state index contributed by atoms with van der Waals surface area (Å²) < 4.78 is 2.94. The van der Waals surface area contributed by atoms with E-state index in [4.69, 9.17) is 5.73 Å². The first-order valence-electron chi connectivity index (χ1n) is 5.51. The number of anilines is 2. The molecule has 0 bridgehead atoms. The van der Waals surface area contributed by atoms with Gasteiger partial charge in [-0.2, -0.15) is 15.2 Å². The molecule has 0 radical (unpaired) electrons. The van der Waals surface area contributed by atoms with Crippen molar-refractivity contribution in [1.29, 1.82) is 0 Å². The Hall–Kier alpha value is -2.38. The van der Waals surface area contributed by atoms with E-state index in [2.05, 4.69) is 20.5 Å². The van der Waals surface area contributed by atoms with Crippen LogP contribution >= 0.6 is 0 Å².